The van der Waals surface area contributed by atoms with E-state index in [9.17, 15) is 4.79 Å². The molecule has 15 heavy (non-hydrogen) atoms. The van der Waals surface area contributed by atoms with Gasteiger partial charge in [-0.15, -0.1) is 0 Å². The minimum atomic E-state index is 0.0179. The summed E-state index contributed by atoms with van der Waals surface area (Å²) in [6.45, 7) is 4.10. The first-order valence-corrected chi connectivity index (χ1v) is 5.74. The number of nitrogens with zero attached hydrogens (tertiary/aromatic N) is 2. The van der Waals surface area contributed by atoms with Crippen molar-refractivity contribution in [3.05, 3.63) is 28.5 Å². The minimum absolute atomic E-state index is 0.0179. The Kier molecular flexibility index (Phi) is 4.27. The van der Waals surface area contributed by atoms with Gasteiger partial charge in [-0.25, -0.2) is 4.98 Å². The topological polar surface area (TPSA) is 33.2 Å². The van der Waals surface area contributed by atoms with Crippen LogP contribution in [0.15, 0.2) is 22.9 Å². The summed E-state index contributed by atoms with van der Waals surface area (Å²) in [6, 6.07) is 3.80. The van der Waals surface area contributed by atoms with E-state index in [1.165, 1.54) is 0 Å². The molecule has 0 aliphatic heterocycles. The zero-order chi connectivity index (χ0) is 11.4. The van der Waals surface area contributed by atoms with Gasteiger partial charge < -0.3 is 4.90 Å². The summed E-state index contributed by atoms with van der Waals surface area (Å²) in [6.07, 6.45) is 2.54. The molecular formula is C11H15BrN2O. The molecule has 0 bridgehead atoms. The normalized spacial score (nSPS) is 12.3. The van der Waals surface area contributed by atoms with E-state index in [1.807, 2.05) is 14.0 Å². The highest BCUT2D eigenvalue weighted by Crippen LogP contribution is 2.10. The molecule has 0 saturated carbocycles. The van der Waals surface area contributed by atoms with E-state index < -0.39 is 0 Å². The molecule has 0 spiro atoms. The van der Waals surface area contributed by atoms with E-state index in [0.717, 1.165) is 11.0 Å². The number of carbonyl (C=O) groups excluding carboxylic acids is 1. The Morgan fingerprint density at radius 2 is 2.27 bits per heavy atom. The molecule has 1 aromatic heterocycles. The first-order chi connectivity index (χ1) is 7.06. The van der Waals surface area contributed by atoms with Crippen molar-refractivity contribution in [3.63, 3.8) is 0 Å². The Hall–Kier alpha value is -0.900. The predicted octanol–water partition coefficient (Wildman–Crippen LogP) is 2.71. The Morgan fingerprint density at radius 3 is 2.73 bits per heavy atom. The largest absolute Gasteiger partial charge is 0.339 e. The monoisotopic (exact) mass is 270 g/mol. The predicted molar refractivity (Wildman–Crippen MR) is 63.8 cm³/mol. The third-order valence-electron chi connectivity index (χ3n) is 2.55. The van der Waals surface area contributed by atoms with Crippen molar-refractivity contribution in [2.75, 3.05) is 7.05 Å². The molecule has 1 amide bonds. The lowest BCUT2D eigenvalue weighted by Gasteiger charge is -2.23. The van der Waals surface area contributed by atoms with Gasteiger partial charge in [0.05, 0.1) is 5.56 Å². The van der Waals surface area contributed by atoms with Gasteiger partial charge >= 0.3 is 0 Å². The van der Waals surface area contributed by atoms with E-state index in [2.05, 4.69) is 27.8 Å². The molecule has 1 unspecified atom stereocenters. The van der Waals surface area contributed by atoms with E-state index in [-0.39, 0.29) is 11.9 Å². The van der Waals surface area contributed by atoms with Crippen molar-refractivity contribution in [3.8, 4) is 0 Å². The second-order valence-electron chi connectivity index (χ2n) is 3.54. The Balaban J connectivity index is 2.80. The molecule has 3 nitrogen and oxygen atoms in total. The molecule has 0 radical (unpaired) electrons. The van der Waals surface area contributed by atoms with E-state index in [0.29, 0.717) is 5.56 Å². The number of hydrogen-bond donors (Lipinski definition) is 0. The molecule has 1 aromatic rings. The maximum Gasteiger partial charge on any atom is 0.255 e. The standard InChI is InChI=1S/C11H15BrN2O/c1-4-8(2)14(3)11(15)9-5-6-10(12)13-7-9/h5-8H,4H2,1-3H3. The van der Waals surface area contributed by atoms with Crippen molar-refractivity contribution in [1.82, 2.24) is 9.88 Å². The van der Waals surface area contributed by atoms with Gasteiger partial charge in [-0.05, 0) is 41.4 Å². The summed E-state index contributed by atoms with van der Waals surface area (Å²) in [4.78, 5) is 17.7. The van der Waals surface area contributed by atoms with Crippen LogP contribution < -0.4 is 0 Å². The Labute approximate surface area is 98.6 Å². The lowest BCUT2D eigenvalue weighted by Crippen LogP contribution is -2.34. The maximum absolute atomic E-state index is 11.9. The van der Waals surface area contributed by atoms with Crippen LogP contribution in [-0.2, 0) is 0 Å². The van der Waals surface area contributed by atoms with Crippen LogP contribution in [-0.4, -0.2) is 28.9 Å². The number of pyridine rings is 1. The summed E-state index contributed by atoms with van der Waals surface area (Å²) >= 11 is 3.24. The Morgan fingerprint density at radius 1 is 1.60 bits per heavy atom. The van der Waals surface area contributed by atoms with Crippen molar-refractivity contribution in [1.29, 1.82) is 0 Å². The van der Waals surface area contributed by atoms with Crippen molar-refractivity contribution in [2.45, 2.75) is 26.3 Å². The van der Waals surface area contributed by atoms with Gasteiger partial charge in [-0.2, -0.15) is 0 Å². The lowest BCUT2D eigenvalue weighted by molar-refractivity contribution is 0.0740. The molecule has 0 fully saturated rings. The van der Waals surface area contributed by atoms with Crippen molar-refractivity contribution in [2.24, 2.45) is 0 Å². The number of rotatable bonds is 3. The summed E-state index contributed by atoms with van der Waals surface area (Å²) in [5.74, 6) is 0.0179. The molecule has 4 heteroatoms. The fourth-order valence-electron chi connectivity index (χ4n) is 1.18. The van der Waals surface area contributed by atoms with Gasteiger partial charge in [0.25, 0.3) is 5.91 Å². The van der Waals surface area contributed by atoms with Crippen molar-refractivity contribution >= 4 is 21.8 Å². The van der Waals surface area contributed by atoms with Crippen LogP contribution in [0.2, 0.25) is 0 Å². The second kappa shape index (κ2) is 5.26. The number of carbonyl (C=O) groups is 1. The molecule has 1 rings (SSSR count). The van der Waals surface area contributed by atoms with Crippen LogP contribution in [0.5, 0.6) is 0 Å². The molecular weight excluding hydrogens is 256 g/mol. The van der Waals surface area contributed by atoms with Crippen LogP contribution >= 0.6 is 15.9 Å². The van der Waals surface area contributed by atoms with E-state index >= 15 is 0 Å². The summed E-state index contributed by atoms with van der Waals surface area (Å²) < 4.78 is 0.741. The van der Waals surface area contributed by atoms with Crippen LogP contribution in [0.25, 0.3) is 0 Å². The molecule has 82 valence electrons. The van der Waals surface area contributed by atoms with Gasteiger partial charge in [0, 0.05) is 19.3 Å². The number of aromatic nitrogens is 1. The van der Waals surface area contributed by atoms with E-state index in [4.69, 9.17) is 0 Å². The minimum Gasteiger partial charge on any atom is -0.339 e. The zero-order valence-corrected chi connectivity index (χ0v) is 10.8. The van der Waals surface area contributed by atoms with Crippen molar-refractivity contribution < 1.29 is 4.79 Å². The zero-order valence-electron chi connectivity index (χ0n) is 9.20. The van der Waals surface area contributed by atoms with Crippen LogP contribution in [0.3, 0.4) is 0 Å². The van der Waals surface area contributed by atoms with Gasteiger partial charge in [-0.1, -0.05) is 6.92 Å². The molecule has 0 saturated heterocycles. The molecule has 1 heterocycles. The quantitative estimate of drug-likeness (QED) is 0.792. The molecule has 1 atom stereocenters. The highest BCUT2D eigenvalue weighted by Gasteiger charge is 2.15. The average Bonchev–Trinajstić information content (AvgIpc) is 2.27. The highest BCUT2D eigenvalue weighted by atomic mass is 79.9. The lowest BCUT2D eigenvalue weighted by atomic mass is 10.2. The average molecular weight is 271 g/mol. The molecule has 0 aromatic carbocycles. The van der Waals surface area contributed by atoms with E-state index in [1.54, 1.807) is 23.2 Å². The smallest absolute Gasteiger partial charge is 0.255 e. The summed E-state index contributed by atoms with van der Waals surface area (Å²) in [5.41, 5.74) is 0.626. The van der Waals surface area contributed by atoms with Crippen LogP contribution in [0.1, 0.15) is 30.6 Å². The van der Waals surface area contributed by atoms with Gasteiger partial charge in [0.2, 0.25) is 0 Å². The fraction of sp³-hybridized carbons (Fsp3) is 0.455. The first-order valence-electron chi connectivity index (χ1n) is 4.95. The van der Waals surface area contributed by atoms with Gasteiger partial charge in [-0.3, -0.25) is 4.79 Å². The summed E-state index contributed by atoms with van der Waals surface area (Å²) in [7, 11) is 1.82. The van der Waals surface area contributed by atoms with Crippen LogP contribution in [0, 0.1) is 0 Å². The third kappa shape index (κ3) is 3.02. The van der Waals surface area contributed by atoms with Crippen LogP contribution in [0.4, 0.5) is 0 Å². The number of halogens is 1. The third-order valence-corrected chi connectivity index (χ3v) is 3.02. The fourth-order valence-corrected chi connectivity index (χ4v) is 1.41. The molecule has 0 aliphatic rings. The molecule has 0 N–H and O–H groups in total. The maximum atomic E-state index is 11.9. The SMILES string of the molecule is CCC(C)N(C)C(=O)c1ccc(Br)nc1. The number of amides is 1. The molecule has 0 aliphatic carbocycles. The number of hydrogen-bond acceptors (Lipinski definition) is 2. The highest BCUT2D eigenvalue weighted by molar-refractivity contribution is 9.10. The Bertz CT molecular complexity index is 337. The summed E-state index contributed by atoms with van der Waals surface area (Å²) in [5, 5.41) is 0. The first kappa shape index (κ1) is 12.2. The van der Waals surface area contributed by atoms with Gasteiger partial charge in [0.1, 0.15) is 4.60 Å². The van der Waals surface area contributed by atoms with Gasteiger partial charge in [0.15, 0.2) is 0 Å². The second-order valence-corrected chi connectivity index (χ2v) is 4.36.